The van der Waals surface area contributed by atoms with Gasteiger partial charge in [0.25, 0.3) is 5.91 Å². The molecule has 2 N–H and O–H groups in total. The van der Waals surface area contributed by atoms with Crippen LogP contribution in [0, 0.1) is 6.92 Å². The number of hydrogen-bond donors (Lipinski definition) is 2. The molecule has 1 atom stereocenters. The van der Waals surface area contributed by atoms with Crippen molar-refractivity contribution in [2.45, 2.75) is 45.2 Å². The SMILES string of the molecule is Cc1ccc(C2CCCCN2C(=O)c2n[nH]c3c2CNCC3)o1.Cl. The molecule has 1 unspecified atom stereocenters. The van der Waals surface area contributed by atoms with E-state index in [1.54, 1.807) is 0 Å². The van der Waals surface area contributed by atoms with Crippen LogP contribution in [0.5, 0.6) is 0 Å². The molecule has 2 aromatic heterocycles. The van der Waals surface area contributed by atoms with Gasteiger partial charge in [0.1, 0.15) is 11.5 Å². The number of rotatable bonds is 2. The van der Waals surface area contributed by atoms with Crippen LogP contribution in [-0.2, 0) is 13.0 Å². The number of likely N-dealkylation sites (tertiary alicyclic amines) is 1. The average Bonchev–Trinajstić information content (AvgIpc) is 3.20. The summed E-state index contributed by atoms with van der Waals surface area (Å²) < 4.78 is 5.80. The van der Waals surface area contributed by atoms with Crippen LogP contribution in [0.3, 0.4) is 0 Å². The number of carbonyl (C=O) groups is 1. The lowest BCUT2D eigenvalue weighted by atomic mass is 9.98. The number of H-pyrrole nitrogens is 1. The molecule has 0 saturated carbocycles. The average molecular weight is 351 g/mol. The summed E-state index contributed by atoms with van der Waals surface area (Å²) in [5, 5.41) is 10.7. The van der Waals surface area contributed by atoms with Gasteiger partial charge in [-0.1, -0.05) is 0 Å². The van der Waals surface area contributed by atoms with Gasteiger partial charge in [-0.15, -0.1) is 12.4 Å². The molecule has 2 aliphatic rings. The van der Waals surface area contributed by atoms with Crippen LogP contribution in [0.2, 0.25) is 0 Å². The summed E-state index contributed by atoms with van der Waals surface area (Å²) in [6.07, 6.45) is 4.00. The van der Waals surface area contributed by atoms with Crippen LogP contribution in [0.1, 0.15) is 58.6 Å². The second-order valence-corrected chi connectivity index (χ2v) is 6.41. The Morgan fingerprint density at radius 3 is 3.04 bits per heavy atom. The standard InChI is InChI=1S/C17H22N4O2.ClH/c1-11-5-6-15(23-11)14-4-2-3-9-21(14)17(22)16-12-10-18-8-7-13(12)19-20-16;/h5-6,14,18H,2-4,7-10H2,1H3,(H,19,20);1H. The fourth-order valence-corrected chi connectivity index (χ4v) is 3.64. The molecular weight excluding hydrogens is 328 g/mol. The zero-order valence-electron chi connectivity index (χ0n) is 13.8. The summed E-state index contributed by atoms with van der Waals surface area (Å²) in [6, 6.07) is 3.98. The molecule has 1 amide bonds. The Kier molecular flexibility index (Phi) is 4.96. The topological polar surface area (TPSA) is 74.2 Å². The highest BCUT2D eigenvalue weighted by Crippen LogP contribution is 2.33. The number of hydrogen-bond acceptors (Lipinski definition) is 4. The first-order chi connectivity index (χ1) is 11.2. The van der Waals surface area contributed by atoms with Gasteiger partial charge < -0.3 is 14.6 Å². The fraction of sp³-hybridized carbons (Fsp3) is 0.529. The van der Waals surface area contributed by atoms with Crippen molar-refractivity contribution in [3.63, 3.8) is 0 Å². The van der Waals surface area contributed by atoms with E-state index < -0.39 is 0 Å². The van der Waals surface area contributed by atoms with E-state index in [9.17, 15) is 4.79 Å². The third kappa shape index (κ3) is 2.96. The van der Waals surface area contributed by atoms with Crippen molar-refractivity contribution in [3.05, 3.63) is 40.6 Å². The van der Waals surface area contributed by atoms with Crippen LogP contribution in [0.25, 0.3) is 0 Å². The van der Waals surface area contributed by atoms with Gasteiger partial charge >= 0.3 is 0 Å². The minimum atomic E-state index is 0. The van der Waals surface area contributed by atoms with Gasteiger partial charge in [-0.05, 0) is 38.3 Å². The van der Waals surface area contributed by atoms with Crippen molar-refractivity contribution in [3.8, 4) is 0 Å². The Morgan fingerprint density at radius 1 is 1.38 bits per heavy atom. The number of amides is 1. The number of fused-ring (bicyclic) bond motifs is 1. The molecule has 0 spiro atoms. The highest BCUT2D eigenvalue weighted by molar-refractivity contribution is 5.94. The predicted molar refractivity (Wildman–Crippen MR) is 92.3 cm³/mol. The summed E-state index contributed by atoms with van der Waals surface area (Å²) in [5.74, 6) is 1.79. The van der Waals surface area contributed by atoms with E-state index >= 15 is 0 Å². The smallest absolute Gasteiger partial charge is 0.275 e. The minimum absolute atomic E-state index is 0. The molecule has 0 aliphatic carbocycles. The number of piperidine rings is 1. The van der Waals surface area contributed by atoms with Crippen LogP contribution in [0.4, 0.5) is 0 Å². The third-order valence-corrected chi connectivity index (χ3v) is 4.86. The molecule has 1 saturated heterocycles. The highest BCUT2D eigenvalue weighted by atomic mass is 35.5. The molecule has 4 rings (SSSR count). The van der Waals surface area contributed by atoms with Crippen molar-refractivity contribution in [2.75, 3.05) is 13.1 Å². The first-order valence-electron chi connectivity index (χ1n) is 8.38. The number of aryl methyl sites for hydroxylation is 1. The molecule has 6 nitrogen and oxygen atoms in total. The lowest BCUT2D eigenvalue weighted by molar-refractivity contribution is 0.0571. The normalized spacial score (nSPS) is 20.4. The van der Waals surface area contributed by atoms with E-state index in [0.29, 0.717) is 12.2 Å². The lowest BCUT2D eigenvalue weighted by Gasteiger charge is -2.34. The van der Waals surface area contributed by atoms with Gasteiger partial charge in [-0.2, -0.15) is 5.10 Å². The molecule has 130 valence electrons. The van der Waals surface area contributed by atoms with Gasteiger partial charge in [-0.3, -0.25) is 9.89 Å². The molecular formula is C17H23ClN4O2. The monoisotopic (exact) mass is 350 g/mol. The summed E-state index contributed by atoms with van der Waals surface area (Å²) in [6.45, 7) is 4.35. The summed E-state index contributed by atoms with van der Waals surface area (Å²) in [4.78, 5) is 15.0. The van der Waals surface area contributed by atoms with Crippen molar-refractivity contribution < 1.29 is 9.21 Å². The maximum Gasteiger partial charge on any atom is 0.275 e. The van der Waals surface area contributed by atoms with Gasteiger partial charge in [-0.25, -0.2) is 0 Å². The van der Waals surface area contributed by atoms with E-state index in [0.717, 1.165) is 61.6 Å². The van der Waals surface area contributed by atoms with Gasteiger partial charge in [0, 0.05) is 37.3 Å². The quantitative estimate of drug-likeness (QED) is 0.873. The van der Waals surface area contributed by atoms with Crippen molar-refractivity contribution in [1.29, 1.82) is 0 Å². The first-order valence-corrected chi connectivity index (χ1v) is 8.38. The largest absolute Gasteiger partial charge is 0.464 e. The molecule has 0 bridgehead atoms. The highest BCUT2D eigenvalue weighted by Gasteiger charge is 2.33. The third-order valence-electron chi connectivity index (χ3n) is 4.86. The molecule has 2 aliphatic heterocycles. The van der Waals surface area contributed by atoms with Gasteiger partial charge in [0.2, 0.25) is 0 Å². The van der Waals surface area contributed by atoms with Crippen molar-refractivity contribution >= 4 is 18.3 Å². The number of carbonyl (C=O) groups excluding carboxylic acids is 1. The lowest BCUT2D eigenvalue weighted by Crippen LogP contribution is -2.39. The Morgan fingerprint density at radius 2 is 2.25 bits per heavy atom. The number of nitrogens with one attached hydrogen (secondary N) is 2. The number of aromatic nitrogens is 2. The minimum Gasteiger partial charge on any atom is -0.464 e. The van der Waals surface area contributed by atoms with Crippen molar-refractivity contribution in [1.82, 2.24) is 20.4 Å². The zero-order chi connectivity index (χ0) is 15.8. The summed E-state index contributed by atoms with van der Waals surface area (Å²) >= 11 is 0. The first kappa shape index (κ1) is 17.0. The zero-order valence-corrected chi connectivity index (χ0v) is 14.6. The van der Waals surface area contributed by atoms with Crippen LogP contribution < -0.4 is 5.32 Å². The van der Waals surface area contributed by atoms with Crippen molar-refractivity contribution in [2.24, 2.45) is 0 Å². The second-order valence-electron chi connectivity index (χ2n) is 6.41. The van der Waals surface area contributed by atoms with Crippen LogP contribution in [-0.4, -0.2) is 34.1 Å². The molecule has 7 heteroatoms. The molecule has 2 aromatic rings. The number of aromatic amines is 1. The van der Waals surface area contributed by atoms with E-state index in [2.05, 4.69) is 15.5 Å². The van der Waals surface area contributed by atoms with Gasteiger partial charge in [0.05, 0.1) is 6.04 Å². The molecule has 0 aromatic carbocycles. The maximum absolute atomic E-state index is 13.1. The van der Waals surface area contributed by atoms with Crippen LogP contribution in [0.15, 0.2) is 16.5 Å². The van der Waals surface area contributed by atoms with E-state index in [1.807, 2.05) is 24.0 Å². The Bertz CT molecular complexity index is 724. The second kappa shape index (κ2) is 6.99. The summed E-state index contributed by atoms with van der Waals surface area (Å²) in [7, 11) is 0. The number of halogens is 1. The Hall–Kier alpha value is -1.79. The van der Waals surface area contributed by atoms with Gasteiger partial charge in [0.15, 0.2) is 5.69 Å². The molecule has 0 radical (unpaired) electrons. The Labute approximate surface area is 147 Å². The predicted octanol–water partition coefficient (Wildman–Crippen LogP) is 2.75. The fourth-order valence-electron chi connectivity index (χ4n) is 3.64. The molecule has 1 fully saturated rings. The van der Waals surface area contributed by atoms with Crippen LogP contribution >= 0.6 is 12.4 Å². The molecule has 24 heavy (non-hydrogen) atoms. The van der Waals surface area contributed by atoms with E-state index in [-0.39, 0.29) is 24.4 Å². The summed E-state index contributed by atoms with van der Waals surface area (Å²) in [5.41, 5.74) is 2.69. The maximum atomic E-state index is 13.1. The molecule has 4 heterocycles. The van der Waals surface area contributed by atoms with E-state index in [4.69, 9.17) is 4.42 Å². The number of furan rings is 1. The van der Waals surface area contributed by atoms with E-state index in [1.165, 1.54) is 0 Å². The Balaban J connectivity index is 0.00000169. The number of nitrogens with zero attached hydrogens (tertiary/aromatic N) is 2.